The van der Waals surface area contributed by atoms with Crippen LogP contribution < -0.4 is 5.73 Å². The lowest BCUT2D eigenvalue weighted by Crippen LogP contribution is -2.29. The van der Waals surface area contributed by atoms with Gasteiger partial charge < -0.3 is 15.0 Å². The summed E-state index contributed by atoms with van der Waals surface area (Å²) in [5, 5.41) is 1.10. The summed E-state index contributed by atoms with van der Waals surface area (Å²) in [6, 6.07) is 8.38. The molecule has 0 bridgehead atoms. The second kappa shape index (κ2) is 4.68. The molecule has 2 aromatic heterocycles. The van der Waals surface area contributed by atoms with E-state index in [4.69, 9.17) is 15.5 Å². The number of hydrogen-bond donors (Lipinski definition) is 1. The molecule has 4 rings (SSSR count). The van der Waals surface area contributed by atoms with Gasteiger partial charge in [0.15, 0.2) is 5.82 Å². The molecule has 0 saturated heterocycles. The van der Waals surface area contributed by atoms with Crippen LogP contribution in [0, 0.1) is 5.92 Å². The zero-order valence-corrected chi connectivity index (χ0v) is 13.1. The molecule has 5 nitrogen and oxygen atoms in total. The number of aromatic nitrogens is 3. The van der Waals surface area contributed by atoms with Gasteiger partial charge in [0.25, 0.3) is 0 Å². The van der Waals surface area contributed by atoms with Crippen LogP contribution in [0.3, 0.4) is 0 Å². The van der Waals surface area contributed by atoms with E-state index in [1.165, 1.54) is 0 Å². The van der Waals surface area contributed by atoms with Crippen molar-refractivity contribution < 1.29 is 4.74 Å². The minimum Gasteiger partial charge on any atom is -0.382 e. The third kappa shape index (κ3) is 1.75. The SMILES string of the molecule is CC1OC[C@H](C(C)C)n2c1nc1c(N)nc3ccccc3c12. The Balaban J connectivity index is 2.17. The minimum absolute atomic E-state index is 0.0273. The lowest BCUT2D eigenvalue weighted by Gasteiger charge is -2.32. The molecule has 0 saturated carbocycles. The van der Waals surface area contributed by atoms with E-state index in [1.807, 2.05) is 25.1 Å². The number of fused-ring (bicyclic) bond motifs is 5. The van der Waals surface area contributed by atoms with E-state index < -0.39 is 0 Å². The van der Waals surface area contributed by atoms with E-state index in [9.17, 15) is 0 Å². The van der Waals surface area contributed by atoms with E-state index in [2.05, 4.69) is 29.5 Å². The van der Waals surface area contributed by atoms with Crippen molar-refractivity contribution >= 4 is 27.8 Å². The molecule has 3 heterocycles. The first-order valence-corrected chi connectivity index (χ1v) is 7.75. The fourth-order valence-electron chi connectivity index (χ4n) is 3.35. The predicted molar refractivity (Wildman–Crippen MR) is 87.7 cm³/mol. The molecule has 22 heavy (non-hydrogen) atoms. The van der Waals surface area contributed by atoms with Gasteiger partial charge in [-0.3, -0.25) is 0 Å². The Labute approximate surface area is 129 Å². The first-order chi connectivity index (χ1) is 10.6. The van der Waals surface area contributed by atoms with Crippen LogP contribution in [0.2, 0.25) is 0 Å². The van der Waals surface area contributed by atoms with Crippen molar-refractivity contribution in [2.24, 2.45) is 5.92 Å². The van der Waals surface area contributed by atoms with Crippen molar-refractivity contribution in [2.45, 2.75) is 32.9 Å². The molecule has 0 fully saturated rings. The summed E-state index contributed by atoms with van der Waals surface area (Å²) < 4.78 is 8.24. The van der Waals surface area contributed by atoms with Crippen LogP contribution in [0.5, 0.6) is 0 Å². The molecule has 0 aliphatic carbocycles. The largest absolute Gasteiger partial charge is 0.382 e. The van der Waals surface area contributed by atoms with Gasteiger partial charge in [0.05, 0.1) is 23.7 Å². The maximum atomic E-state index is 6.17. The summed E-state index contributed by atoms with van der Waals surface area (Å²) in [7, 11) is 0. The number of anilines is 1. The van der Waals surface area contributed by atoms with Crippen LogP contribution >= 0.6 is 0 Å². The van der Waals surface area contributed by atoms with Gasteiger partial charge >= 0.3 is 0 Å². The number of nitrogen functional groups attached to an aromatic ring is 1. The van der Waals surface area contributed by atoms with Crippen molar-refractivity contribution in [2.75, 3.05) is 12.3 Å². The van der Waals surface area contributed by atoms with Crippen molar-refractivity contribution in [3.8, 4) is 0 Å². The quantitative estimate of drug-likeness (QED) is 0.747. The van der Waals surface area contributed by atoms with E-state index >= 15 is 0 Å². The molecule has 0 amide bonds. The second-order valence-electron chi connectivity index (χ2n) is 6.34. The number of benzene rings is 1. The predicted octanol–water partition coefficient (Wildman–Crippen LogP) is 3.46. The molecule has 5 heteroatoms. The molecule has 2 atom stereocenters. The molecule has 0 radical (unpaired) electrons. The Morgan fingerprint density at radius 1 is 1.27 bits per heavy atom. The van der Waals surface area contributed by atoms with Gasteiger partial charge in [-0.15, -0.1) is 0 Å². The molecule has 1 unspecified atom stereocenters. The molecular weight excluding hydrogens is 276 g/mol. The summed E-state index contributed by atoms with van der Waals surface area (Å²) in [5.41, 5.74) is 8.97. The van der Waals surface area contributed by atoms with E-state index in [0.29, 0.717) is 18.3 Å². The lowest BCUT2D eigenvalue weighted by molar-refractivity contribution is -0.00218. The normalized spacial score (nSPS) is 21.6. The summed E-state index contributed by atoms with van der Waals surface area (Å²) >= 11 is 0. The van der Waals surface area contributed by atoms with Gasteiger partial charge in [0.1, 0.15) is 17.4 Å². The number of imidazole rings is 1. The molecule has 0 spiro atoms. The maximum absolute atomic E-state index is 6.17. The molecule has 114 valence electrons. The fourth-order valence-corrected chi connectivity index (χ4v) is 3.35. The number of nitrogens with two attached hydrogens (primary N) is 1. The Kier molecular flexibility index (Phi) is 2.87. The summed E-state index contributed by atoms with van der Waals surface area (Å²) in [5.74, 6) is 1.90. The average molecular weight is 296 g/mol. The van der Waals surface area contributed by atoms with Crippen LogP contribution in [0.4, 0.5) is 5.82 Å². The highest BCUT2D eigenvalue weighted by Gasteiger charge is 2.31. The third-order valence-electron chi connectivity index (χ3n) is 4.56. The maximum Gasteiger partial charge on any atom is 0.152 e. The molecule has 1 aliphatic heterocycles. The van der Waals surface area contributed by atoms with E-state index in [0.717, 1.165) is 27.8 Å². The molecule has 1 aromatic carbocycles. The summed E-state index contributed by atoms with van der Waals surface area (Å²) in [4.78, 5) is 9.27. The first-order valence-electron chi connectivity index (χ1n) is 7.75. The Bertz CT molecular complexity index is 868. The van der Waals surface area contributed by atoms with Crippen molar-refractivity contribution in [1.29, 1.82) is 0 Å². The van der Waals surface area contributed by atoms with E-state index in [1.54, 1.807) is 0 Å². The third-order valence-corrected chi connectivity index (χ3v) is 4.56. The standard InChI is InChI=1S/C17H20N4O/c1-9(2)13-8-22-10(3)17-20-14-15(21(13)17)11-6-4-5-7-12(11)19-16(14)18/h4-7,9-10,13H,8H2,1-3H3,(H2,18,19)/t10?,13-/m1/s1. The zero-order chi connectivity index (χ0) is 15.4. The van der Waals surface area contributed by atoms with Crippen LogP contribution in [0.15, 0.2) is 24.3 Å². The Morgan fingerprint density at radius 3 is 2.82 bits per heavy atom. The Hall–Kier alpha value is -2.14. The molecule has 1 aliphatic rings. The van der Waals surface area contributed by atoms with Gasteiger partial charge in [0.2, 0.25) is 0 Å². The van der Waals surface area contributed by atoms with Crippen LogP contribution in [0.25, 0.3) is 21.9 Å². The highest BCUT2D eigenvalue weighted by Crippen LogP contribution is 2.38. The Morgan fingerprint density at radius 2 is 2.05 bits per heavy atom. The fraction of sp³-hybridized carbons (Fsp3) is 0.412. The first kappa shape index (κ1) is 13.5. The van der Waals surface area contributed by atoms with Crippen molar-refractivity contribution in [3.63, 3.8) is 0 Å². The molecule has 2 N–H and O–H groups in total. The average Bonchev–Trinajstić information content (AvgIpc) is 2.90. The highest BCUT2D eigenvalue weighted by atomic mass is 16.5. The zero-order valence-electron chi connectivity index (χ0n) is 13.1. The second-order valence-corrected chi connectivity index (χ2v) is 6.34. The number of rotatable bonds is 1. The number of hydrogen-bond acceptors (Lipinski definition) is 4. The summed E-state index contributed by atoms with van der Waals surface area (Å²) in [6.07, 6.45) is -0.0273. The molecular formula is C17H20N4O. The summed E-state index contributed by atoms with van der Waals surface area (Å²) in [6.45, 7) is 7.17. The number of ether oxygens (including phenoxy) is 1. The molecule has 3 aromatic rings. The minimum atomic E-state index is -0.0273. The number of para-hydroxylation sites is 1. The lowest BCUT2D eigenvalue weighted by atomic mass is 10.0. The van der Waals surface area contributed by atoms with Crippen molar-refractivity contribution in [3.05, 3.63) is 30.1 Å². The topological polar surface area (TPSA) is 66.0 Å². The van der Waals surface area contributed by atoms with Crippen LogP contribution in [-0.4, -0.2) is 21.1 Å². The monoisotopic (exact) mass is 296 g/mol. The van der Waals surface area contributed by atoms with Crippen molar-refractivity contribution in [1.82, 2.24) is 14.5 Å². The number of pyridine rings is 1. The van der Waals surface area contributed by atoms with Gasteiger partial charge in [0, 0.05) is 5.39 Å². The highest BCUT2D eigenvalue weighted by molar-refractivity contribution is 6.06. The smallest absolute Gasteiger partial charge is 0.152 e. The van der Waals surface area contributed by atoms with E-state index in [-0.39, 0.29) is 12.1 Å². The van der Waals surface area contributed by atoms with Crippen LogP contribution in [-0.2, 0) is 4.74 Å². The van der Waals surface area contributed by atoms with Gasteiger partial charge in [-0.1, -0.05) is 32.0 Å². The van der Waals surface area contributed by atoms with Gasteiger partial charge in [-0.2, -0.15) is 0 Å². The number of nitrogens with zero attached hydrogens (tertiary/aromatic N) is 3. The van der Waals surface area contributed by atoms with Gasteiger partial charge in [-0.05, 0) is 18.9 Å². The van der Waals surface area contributed by atoms with Crippen LogP contribution in [0.1, 0.15) is 38.7 Å². The van der Waals surface area contributed by atoms with Gasteiger partial charge in [-0.25, -0.2) is 9.97 Å².